The minimum atomic E-state index is -0.380. The highest BCUT2D eigenvalue weighted by Gasteiger charge is 2.24. The van der Waals surface area contributed by atoms with Gasteiger partial charge in [0.05, 0.1) is 6.54 Å². The molecule has 0 bridgehead atoms. The van der Waals surface area contributed by atoms with Crippen molar-refractivity contribution in [1.82, 2.24) is 19.7 Å². The summed E-state index contributed by atoms with van der Waals surface area (Å²) < 4.78 is 8.39. The van der Waals surface area contributed by atoms with Crippen molar-refractivity contribution in [3.63, 3.8) is 0 Å². The molecule has 1 N–H and O–H groups in total. The summed E-state index contributed by atoms with van der Waals surface area (Å²) in [6, 6.07) is 12.1. The first-order chi connectivity index (χ1) is 16.6. The molecule has 8 heteroatoms. The summed E-state index contributed by atoms with van der Waals surface area (Å²) in [5.41, 5.74) is 1.89. The lowest BCUT2D eigenvalue weighted by Gasteiger charge is -2.31. The molecular formula is C27H41BrN4O3. The maximum atomic E-state index is 13.5. The van der Waals surface area contributed by atoms with Gasteiger partial charge in [0, 0.05) is 55.3 Å². The van der Waals surface area contributed by atoms with E-state index in [9.17, 15) is 9.59 Å². The molecule has 0 atom stereocenters. The SMILES string of the molecule is CCCCN(Cc1cccn1Cc1ccc(Br)cc1)C(=O)CN(CCCOC)C(=O)NC(C)(C)C. The van der Waals surface area contributed by atoms with E-state index in [0.29, 0.717) is 32.7 Å². The normalized spacial score (nSPS) is 11.4. The fourth-order valence-electron chi connectivity index (χ4n) is 3.69. The van der Waals surface area contributed by atoms with E-state index >= 15 is 0 Å². The van der Waals surface area contributed by atoms with E-state index in [0.717, 1.165) is 29.6 Å². The summed E-state index contributed by atoms with van der Waals surface area (Å²) in [6.45, 7) is 10.9. The Hall–Kier alpha value is -2.32. The van der Waals surface area contributed by atoms with E-state index in [1.165, 1.54) is 5.56 Å². The lowest BCUT2D eigenvalue weighted by atomic mass is 10.1. The smallest absolute Gasteiger partial charge is 0.318 e. The number of unbranched alkanes of at least 4 members (excludes halogenated alkanes) is 1. The van der Waals surface area contributed by atoms with Gasteiger partial charge in [-0.3, -0.25) is 4.79 Å². The topological polar surface area (TPSA) is 66.8 Å². The Morgan fingerprint density at radius 3 is 2.37 bits per heavy atom. The van der Waals surface area contributed by atoms with Crippen LogP contribution in [0.4, 0.5) is 4.79 Å². The number of nitrogens with zero attached hydrogens (tertiary/aromatic N) is 3. The molecule has 0 aliphatic rings. The van der Waals surface area contributed by atoms with Crippen LogP contribution in [0.5, 0.6) is 0 Å². The summed E-state index contributed by atoms with van der Waals surface area (Å²) >= 11 is 3.49. The highest BCUT2D eigenvalue weighted by atomic mass is 79.9. The van der Waals surface area contributed by atoms with E-state index in [1.54, 1.807) is 12.0 Å². The monoisotopic (exact) mass is 548 g/mol. The number of hydrogen-bond acceptors (Lipinski definition) is 3. The highest BCUT2D eigenvalue weighted by molar-refractivity contribution is 9.10. The van der Waals surface area contributed by atoms with E-state index < -0.39 is 0 Å². The van der Waals surface area contributed by atoms with Crippen LogP contribution in [0.3, 0.4) is 0 Å². The number of hydrogen-bond donors (Lipinski definition) is 1. The Bertz CT molecular complexity index is 921. The maximum absolute atomic E-state index is 13.5. The van der Waals surface area contributed by atoms with Crippen LogP contribution < -0.4 is 5.32 Å². The summed E-state index contributed by atoms with van der Waals surface area (Å²) in [5, 5.41) is 2.99. The number of benzene rings is 1. The molecule has 1 aromatic carbocycles. The van der Waals surface area contributed by atoms with Gasteiger partial charge in [0.15, 0.2) is 0 Å². The van der Waals surface area contributed by atoms with Gasteiger partial charge in [-0.2, -0.15) is 0 Å². The summed E-state index contributed by atoms with van der Waals surface area (Å²) in [4.78, 5) is 29.9. The molecule has 194 valence electrons. The second kappa shape index (κ2) is 14.3. The van der Waals surface area contributed by atoms with Crippen molar-refractivity contribution in [3.8, 4) is 0 Å². The van der Waals surface area contributed by atoms with Crippen molar-refractivity contribution in [2.24, 2.45) is 0 Å². The standard InChI is InChI=1S/C27H41BrN4O3/c1-6-7-15-31(20-24-10-8-16-30(24)19-22-11-13-23(28)14-12-22)25(33)21-32(17-9-18-35-5)26(34)29-27(2,3)4/h8,10-14,16H,6-7,9,15,17-21H2,1-5H3,(H,29,34). The molecule has 0 aliphatic heterocycles. The summed E-state index contributed by atoms with van der Waals surface area (Å²) in [7, 11) is 1.64. The highest BCUT2D eigenvalue weighted by Crippen LogP contribution is 2.15. The fraction of sp³-hybridized carbons (Fsp3) is 0.556. The zero-order chi connectivity index (χ0) is 25.8. The van der Waals surface area contributed by atoms with Crippen LogP contribution in [0, 0.1) is 0 Å². The summed E-state index contributed by atoms with van der Waals surface area (Å²) in [5.74, 6) is -0.0451. The van der Waals surface area contributed by atoms with E-state index in [2.05, 4.69) is 50.9 Å². The molecule has 1 aromatic heterocycles. The molecule has 0 spiro atoms. The molecule has 0 saturated carbocycles. The number of nitrogens with one attached hydrogen (secondary N) is 1. The number of carbonyl (C=O) groups excluding carboxylic acids is 2. The molecule has 0 unspecified atom stereocenters. The van der Waals surface area contributed by atoms with E-state index in [1.807, 2.05) is 50.1 Å². The number of ether oxygens (including phenoxy) is 1. The lowest BCUT2D eigenvalue weighted by molar-refractivity contribution is -0.132. The average Bonchev–Trinajstić information content (AvgIpc) is 3.22. The molecule has 0 aliphatic carbocycles. The fourth-order valence-corrected chi connectivity index (χ4v) is 3.95. The predicted molar refractivity (Wildman–Crippen MR) is 144 cm³/mol. The third-order valence-corrected chi connectivity index (χ3v) is 6.08. The van der Waals surface area contributed by atoms with Gasteiger partial charge in [-0.25, -0.2) is 4.79 Å². The van der Waals surface area contributed by atoms with Gasteiger partial charge in [0.25, 0.3) is 0 Å². The average molecular weight is 550 g/mol. The molecular weight excluding hydrogens is 508 g/mol. The van der Waals surface area contributed by atoms with Gasteiger partial charge in [0.1, 0.15) is 6.54 Å². The molecule has 35 heavy (non-hydrogen) atoms. The van der Waals surface area contributed by atoms with Gasteiger partial charge in [0.2, 0.25) is 5.91 Å². The Morgan fingerprint density at radius 1 is 1.06 bits per heavy atom. The first-order valence-electron chi connectivity index (χ1n) is 12.3. The Morgan fingerprint density at radius 2 is 1.74 bits per heavy atom. The zero-order valence-electron chi connectivity index (χ0n) is 21.8. The van der Waals surface area contributed by atoms with Crippen molar-refractivity contribution in [2.45, 2.75) is 65.6 Å². The lowest BCUT2D eigenvalue weighted by Crippen LogP contribution is -2.52. The van der Waals surface area contributed by atoms with Crippen LogP contribution in [-0.4, -0.2) is 65.2 Å². The van der Waals surface area contributed by atoms with Gasteiger partial charge >= 0.3 is 6.03 Å². The molecule has 3 amide bonds. The minimum Gasteiger partial charge on any atom is -0.385 e. The molecule has 0 saturated heterocycles. The number of halogens is 1. The predicted octanol–water partition coefficient (Wildman–Crippen LogP) is 5.27. The largest absolute Gasteiger partial charge is 0.385 e. The second-order valence-corrected chi connectivity index (χ2v) is 10.8. The quantitative estimate of drug-likeness (QED) is 0.346. The van der Waals surface area contributed by atoms with Crippen molar-refractivity contribution in [1.29, 1.82) is 0 Å². The van der Waals surface area contributed by atoms with Gasteiger partial charge in [-0.1, -0.05) is 41.4 Å². The maximum Gasteiger partial charge on any atom is 0.318 e. The molecule has 2 aromatic rings. The van der Waals surface area contributed by atoms with Crippen molar-refractivity contribution < 1.29 is 14.3 Å². The number of aromatic nitrogens is 1. The van der Waals surface area contributed by atoms with Gasteiger partial charge in [-0.15, -0.1) is 0 Å². The van der Waals surface area contributed by atoms with Crippen LogP contribution in [0.15, 0.2) is 47.1 Å². The number of urea groups is 1. The van der Waals surface area contributed by atoms with Crippen molar-refractivity contribution in [3.05, 3.63) is 58.3 Å². The minimum absolute atomic E-state index is 0.0444. The van der Waals surface area contributed by atoms with Crippen molar-refractivity contribution >= 4 is 27.9 Å². The Balaban J connectivity index is 2.14. The third-order valence-electron chi connectivity index (χ3n) is 5.55. The van der Waals surface area contributed by atoms with Crippen LogP contribution in [-0.2, 0) is 22.6 Å². The number of methoxy groups -OCH3 is 1. The van der Waals surface area contributed by atoms with Gasteiger partial charge in [-0.05, 0) is 63.4 Å². The van der Waals surface area contributed by atoms with Crippen LogP contribution in [0.2, 0.25) is 0 Å². The Kier molecular flexibility index (Phi) is 11.8. The number of carbonyl (C=O) groups is 2. The first-order valence-corrected chi connectivity index (χ1v) is 13.1. The molecule has 7 nitrogen and oxygen atoms in total. The molecule has 0 radical (unpaired) electrons. The Labute approximate surface area is 218 Å². The number of rotatable bonds is 13. The van der Waals surface area contributed by atoms with Crippen LogP contribution in [0.1, 0.15) is 58.2 Å². The first kappa shape index (κ1) is 28.9. The van der Waals surface area contributed by atoms with Crippen LogP contribution in [0.25, 0.3) is 0 Å². The molecule has 1 heterocycles. The van der Waals surface area contributed by atoms with Crippen molar-refractivity contribution in [2.75, 3.05) is 33.4 Å². The number of amides is 3. The molecule has 2 rings (SSSR count). The summed E-state index contributed by atoms with van der Waals surface area (Å²) in [6.07, 6.45) is 4.63. The second-order valence-electron chi connectivity index (χ2n) is 9.87. The van der Waals surface area contributed by atoms with E-state index in [4.69, 9.17) is 4.74 Å². The van der Waals surface area contributed by atoms with Crippen LogP contribution >= 0.6 is 15.9 Å². The third kappa shape index (κ3) is 10.4. The molecule has 0 fully saturated rings. The van der Waals surface area contributed by atoms with Gasteiger partial charge < -0.3 is 24.4 Å². The van der Waals surface area contributed by atoms with E-state index in [-0.39, 0.29) is 24.0 Å². The zero-order valence-corrected chi connectivity index (χ0v) is 23.4.